The van der Waals surface area contributed by atoms with Gasteiger partial charge in [0, 0.05) is 30.5 Å². The number of fused-ring (bicyclic) bond motifs is 1. The molecule has 1 aromatic carbocycles. The van der Waals surface area contributed by atoms with Gasteiger partial charge in [-0.05, 0) is 24.6 Å². The molecule has 0 bridgehead atoms. The number of carboxylic acids is 1. The van der Waals surface area contributed by atoms with Gasteiger partial charge in [-0.2, -0.15) is 0 Å². The SMILES string of the molecule is O=C(O)CCCN1CCNc2ccc(Br)cc21. The summed E-state index contributed by atoms with van der Waals surface area (Å²) < 4.78 is 1.04. The average molecular weight is 299 g/mol. The molecule has 0 radical (unpaired) electrons. The molecule has 1 aromatic rings. The van der Waals surface area contributed by atoms with Crippen molar-refractivity contribution in [2.45, 2.75) is 12.8 Å². The van der Waals surface area contributed by atoms with Crippen LogP contribution in [0.1, 0.15) is 12.8 Å². The minimum atomic E-state index is -0.727. The lowest BCUT2D eigenvalue weighted by molar-refractivity contribution is -0.137. The van der Waals surface area contributed by atoms with Gasteiger partial charge in [0.1, 0.15) is 0 Å². The van der Waals surface area contributed by atoms with Crippen LogP contribution in [0.25, 0.3) is 0 Å². The van der Waals surface area contributed by atoms with Crippen LogP contribution in [0.5, 0.6) is 0 Å². The molecule has 0 saturated heterocycles. The number of aliphatic carboxylic acids is 1. The molecule has 0 atom stereocenters. The number of hydrogen-bond donors (Lipinski definition) is 2. The van der Waals surface area contributed by atoms with Crippen LogP contribution >= 0.6 is 15.9 Å². The molecule has 0 spiro atoms. The number of carboxylic acid groups (broad SMARTS) is 1. The number of nitrogens with zero attached hydrogens (tertiary/aromatic N) is 1. The standard InChI is InChI=1S/C12H15BrN2O2/c13-9-3-4-10-11(8-9)15(7-5-14-10)6-1-2-12(16)17/h3-4,8,14H,1-2,5-7H2,(H,16,17). The van der Waals surface area contributed by atoms with E-state index in [-0.39, 0.29) is 6.42 Å². The van der Waals surface area contributed by atoms with E-state index in [9.17, 15) is 4.79 Å². The summed E-state index contributed by atoms with van der Waals surface area (Å²) in [6, 6.07) is 6.12. The minimum absolute atomic E-state index is 0.229. The van der Waals surface area contributed by atoms with Gasteiger partial charge in [-0.25, -0.2) is 0 Å². The quantitative estimate of drug-likeness (QED) is 0.897. The highest BCUT2D eigenvalue weighted by Crippen LogP contribution is 2.31. The number of halogens is 1. The van der Waals surface area contributed by atoms with Crippen LogP contribution in [-0.4, -0.2) is 30.7 Å². The summed E-state index contributed by atoms with van der Waals surface area (Å²) >= 11 is 3.46. The molecule has 5 heteroatoms. The second-order valence-corrected chi connectivity index (χ2v) is 4.99. The van der Waals surface area contributed by atoms with Crippen LogP contribution in [0.4, 0.5) is 11.4 Å². The Kier molecular flexibility index (Phi) is 3.89. The molecule has 0 aromatic heterocycles. The second kappa shape index (κ2) is 5.40. The summed E-state index contributed by atoms with van der Waals surface area (Å²) in [4.78, 5) is 12.7. The largest absolute Gasteiger partial charge is 0.481 e. The molecule has 92 valence electrons. The van der Waals surface area contributed by atoms with Crippen molar-refractivity contribution >= 4 is 33.3 Å². The van der Waals surface area contributed by atoms with Crippen molar-refractivity contribution in [1.82, 2.24) is 0 Å². The van der Waals surface area contributed by atoms with Crippen molar-refractivity contribution < 1.29 is 9.90 Å². The summed E-state index contributed by atoms with van der Waals surface area (Å²) in [6.07, 6.45) is 0.911. The van der Waals surface area contributed by atoms with E-state index in [1.807, 2.05) is 12.1 Å². The number of carbonyl (C=O) groups is 1. The Balaban J connectivity index is 2.05. The molecule has 0 saturated carbocycles. The Morgan fingerprint density at radius 2 is 2.35 bits per heavy atom. The fraction of sp³-hybridized carbons (Fsp3) is 0.417. The Hall–Kier alpha value is -1.23. The van der Waals surface area contributed by atoms with Gasteiger partial charge in [0.05, 0.1) is 11.4 Å². The highest BCUT2D eigenvalue weighted by molar-refractivity contribution is 9.10. The lowest BCUT2D eigenvalue weighted by atomic mass is 10.2. The first-order valence-electron chi connectivity index (χ1n) is 5.67. The van der Waals surface area contributed by atoms with E-state index in [0.29, 0.717) is 6.42 Å². The number of hydrogen-bond acceptors (Lipinski definition) is 3. The zero-order chi connectivity index (χ0) is 12.3. The van der Waals surface area contributed by atoms with Crippen LogP contribution in [-0.2, 0) is 4.79 Å². The van der Waals surface area contributed by atoms with Gasteiger partial charge in [0.15, 0.2) is 0 Å². The molecule has 4 nitrogen and oxygen atoms in total. The topological polar surface area (TPSA) is 52.6 Å². The lowest BCUT2D eigenvalue weighted by Crippen LogP contribution is -2.34. The van der Waals surface area contributed by atoms with E-state index in [0.717, 1.165) is 35.5 Å². The summed E-state index contributed by atoms with van der Waals surface area (Å²) in [7, 11) is 0. The highest BCUT2D eigenvalue weighted by atomic mass is 79.9. The van der Waals surface area contributed by atoms with Gasteiger partial charge < -0.3 is 15.3 Å². The van der Waals surface area contributed by atoms with E-state index in [2.05, 4.69) is 32.2 Å². The number of rotatable bonds is 4. The molecule has 1 aliphatic heterocycles. The molecule has 0 amide bonds. The first-order valence-corrected chi connectivity index (χ1v) is 6.46. The molecule has 2 N–H and O–H groups in total. The maximum absolute atomic E-state index is 10.5. The van der Waals surface area contributed by atoms with E-state index in [1.54, 1.807) is 0 Å². The number of anilines is 2. The smallest absolute Gasteiger partial charge is 0.303 e. The summed E-state index contributed by atoms with van der Waals surface area (Å²) in [5, 5.41) is 12.0. The number of nitrogens with one attached hydrogen (secondary N) is 1. The van der Waals surface area contributed by atoms with E-state index in [4.69, 9.17) is 5.11 Å². The summed E-state index contributed by atoms with van der Waals surface area (Å²) in [5.74, 6) is -0.727. The Labute approximate surface area is 109 Å². The zero-order valence-corrected chi connectivity index (χ0v) is 11.0. The number of benzene rings is 1. The normalized spacial score (nSPS) is 14.1. The Morgan fingerprint density at radius 1 is 1.53 bits per heavy atom. The predicted molar refractivity (Wildman–Crippen MR) is 71.7 cm³/mol. The van der Waals surface area contributed by atoms with Gasteiger partial charge in [0.25, 0.3) is 0 Å². The molecule has 1 heterocycles. The van der Waals surface area contributed by atoms with Crippen LogP contribution in [0.15, 0.2) is 22.7 Å². The first kappa shape index (κ1) is 12.2. The van der Waals surface area contributed by atoms with Crippen molar-refractivity contribution in [3.05, 3.63) is 22.7 Å². The molecule has 17 heavy (non-hydrogen) atoms. The van der Waals surface area contributed by atoms with Crippen LogP contribution < -0.4 is 10.2 Å². The molecule has 2 rings (SSSR count). The predicted octanol–water partition coefficient (Wildman–Crippen LogP) is 2.55. The second-order valence-electron chi connectivity index (χ2n) is 4.07. The van der Waals surface area contributed by atoms with Crippen molar-refractivity contribution in [3.8, 4) is 0 Å². The fourth-order valence-electron chi connectivity index (χ4n) is 2.02. The van der Waals surface area contributed by atoms with Gasteiger partial charge in [-0.1, -0.05) is 15.9 Å². The van der Waals surface area contributed by atoms with Gasteiger partial charge in [-0.15, -0.1) is 0 Å². The van der Waals surface area contributed by atoms with E-state index >= 15 is 0 Å². The molecule has 0 aliphatic carbocycles. The summed E-state index contributed by atoms with van der Waals surface area (Å²) in [6.45, 7) is 2.61. The third-order valence-electron chi connectivity index (χ3n) is 2.82. The average Bonchev–Trinajstić information content (AvgIpc) is 2.29. The Bertz CT molecular complexity index is 423. The monoisotopic (exact) mass is 298 g/mol. The van der Waals surface area contributed by atoms with Crippen LogP contribution in [0, 0.1) is 0 Å². The summed E-state index contributed by atoms with van der Waals surface area (Å²) in [5.41, 5.74) is 2.27. The van der Waals surface area contributed by atoms with Crippen LogP contribution in [0.3, 0.4) is 0 Å². The zero-order valence-electron chi connectivity index (χ0n) is 9.45. The molecule has 0 unspecified atom stereocenters. The molecule has 1 aliphatic rings. The minimum Gasteiger partial charge on any atom is -0.481 e. The van der Waals surface area contributed by atoms with Gasteiger partial charge in [0.2, 0.25) is 0 Å². The first-order chi connectivity index (χ1) is 8.16. The molecule has 0 fully saturated rings. The van der Waals surface area contributed by atoms with Crippen molar-refractivity contribution in [3.63, 3.8) is 0 Å². The van der Waals surface area contributed by atoms with Gasteiger partial charge in [-0.3, -0.25) is 4.79 Å². The van der Waals surface area contributed by atoms with Crippen molar-refractivity contribution in [1.29, 1.82) is 0 Å². The fourth-order valence-corrected chi connectivity index (χ4v) is 2.36. The Morgan fingerprint density at radius 3 is 3.12 bits per heavy atom. The lowest BCUT2D eigenvalue weighted by Gasteiger charge is -2.32. The maximum atomic E-state index is 10.5. The van der Waals surface area contributed by atoms with E-state index in [1.165, 1.54) is 0 Å². The third-order valence-corrected chi connectivity index (χ3v) is 3.31. The van der Waals surface area contributed by atoms with E-state index < -0.39 is 5.97 Å². The molecular weight excluding hydrogens is 284 g/mol. The van der Waals surface area contributed by atoms with Gasteiger partial charge >= 0.3 is 5.97 Å². The van der Waals surface area contributed by atoms with Crippen molar-refractivity contribution in [2.75, 3.05) is 29.9 Å². The van der Waals surface area contributed by atoms with Crippen LogP contribution in [0.2, 0.25) is 0 Å². The highest BCUT2D eigenvalue weighted by Gasteiger charge is 2.16. The van der Waals surface area contributed by atoms with Crippen molar-refractivity contribution in [2.24, 2.45) is 0 Å². The molecular formula is C12H15BrN2O2. The third kappa shape index (κ3) is 3.12. The maximum Gasteiger partial charge on any atom is 0.303 e.